The van der Waals surface area contributed by atoms with Crippen LogP contribution >= 0.6 is 15.9 Å². The zero-order valence-electron chi connectivity index (χ0n) is 10.1. The second-order valence-corrected chi connectivity index (χ2v) is 5.66. The fourth-order valence-corrected chi connectivity index (χ4v) is 3.21. The van der Waals surface area contributed by atoms with Crippen LogP contribution in [-0.2, 0) is 10.2 Å². The van der Waals surface area contributed by atoms with Crippen LogP contribution in [0.25, 0.3) is 0 Å². The summed E-state index contributed by atoms with van der Waals surface area (Å²) in [5, 5.41) is 0.981. The maximum absolute atomic E-state index is 12.4. The van der Waals surface area contributed by atoms with E-state index in [0.717, 1.165) is 37.4 Å². The normalized spacial score (nSPS) is 24.9. The summed E-state index contributed by atoms with van der Waals surface area (Å²) in [4.78, 5) is 12.4. The minimum atomic E-state index is -0.187. The number of halogens is 1. The molecular weight excluding hydrogens is 276 g/mol. The van der Waals surface area contributed by atoms with Gasteiger partial charge in [-0.3, -0.25) is 4.79 Å². The zero-order valence-corrected chi connectivity index (χ0v) is 11.7. The minimum Gasteiger partial charge on any atom is -0.299 e. The van der Waals surface area contributed by atoms with E-state index in [-0.39, 0.29) is 5.41 Å². The SMILES string of the molecule is O=C1CCCCC1(CCCBr)c1ccccc1. The number of hydrogen-bond acceptors (Lipinski definition) is 1. The average molecular weight is 295 g/mol. The van der Waals surface area contributed by atoms with E-state index >= 15 is 0 Å². The lowest BCUT2D eigenvalue weighted by molar-refractivity contribution is -0.126. The van der Waals surface area contributed by atoms with Crippen molar-refractivity contribution in [1.29, 1.82) is 0 Å². The predicted molar refractivity (Wildman–Crippen MR) is 74.6 cm³/mol. The standard InChI is InChI=1S/C15H19BrO/c16-12-6-11-15(10-5-4-9-14(15)17)13-7-2-1-3-8-13/h1-3,7-8H,4-6,9-12H2. The van der Waals surface area contributed by atoms with Crippen molar-refractivity contribution in [3.05, 3.63) is 35.9 Å². The van der Waals surface area contributed by atoms with E-state index in [1.807, 2.05) is 18.2 Å². The summed E-state index contributed by atoms with van der Waals surface area (Å²) >= 11 is 3.48. The Bertz CT molecular complexity index is 374. The first-order valence-corrected chi connectivity index (χ1v) is 7.56. The number of hydrogen-bond donors (Lipinski definition) is 0. The molecule has 0 heterocycles. The zero-order chi connectivity index (χ0) is 12.1. The highest BCUT2D eigenvalue weighted by Crippen LogP contribution is 2.40. The number of alkyl halides is 1. The molecule has 0 spiro atoms. The van der Waals surface area contributed by atoms with Gasteiger partial charge < -0.3 is 0 Å². The molecule has 1 aromatic carbocycles. The van der Waals surface area contributed by atoms with Crippen LogP contribution in [0, 0.1) is 0 Å². The molecule has 1 aromatic rings. The summed E-state index contributed by atoms with van der Waals surface area (Å²) in [6.45, 7) is 0. The van der Waals surface area contributed by atoms with Crippen LogP contribution in [0.3, 0.4) is 0 Å². The molecule has 0 saturated heterocycles. The smallest absolute Gasteiger partial charge is 0.143 e. The Morgan fingerprint density at radius 3 is 2.59 bits per heavy atom. The molecule has 1 atom stereocenters. The molecule has 0 aromatic heterocycles. The van der Waals surface area contributed by atoms with Crippen molar-refractivity contribution in [2.24, 2.45) is 0 Å². The third kappa shape index (κ3) is 2.62. The van der Waals surface area contributed by atoms with Gasteiger partial charge in [0, 0.05) is 11.8 Å². The fourth-order valence-electron chi connectivity index (χ4n) is 2.93. The molecule has 0 radical (unpaired) electrons. The largest absolute Gasteiger partial charge is 0.299 e. The van der Waals surface area contributed by atoms with Gasteiger partial charge in [-0.15, -0.1) is 0 Å². The van der Waals surface area contributed by atoms with Crippen molar-refractivity contribution < 1.29 is 4.79 Å². The van der Waals surface area contributed by atoms with Crippen LogP contribution in [0.4, 0.5) is 0 Å². The first kappa shape index (κ1) is 12.8. The van der Waals surface area contributed by atoms with E-state index in [4.69, 9.17) is 0 Å². The molecule has 17 heavy (non-hydrogen) atoms. The number of carbonyl (C=O) groups excluding carboxylic acids is 1. The topological polar surface area (TPSA) is 17.1 Å². The third-order valence-electron chi connectivity index (χ3n) is 3.85. The Morgan fingerprint density at radius 2 is 1.94 bits per heavy atom. The maximum atomic E-state index is 12.4. The second-order valence-electron chi connectivity index (χ2n) is 4.87. The lowest BCUT2D eigenvalue weighted by Gasteiger charge is -2.36. The van der Waals surface area contributed by atoms with Crippen LogP contribution in [0.1, 0.15) is 44.1 Å². The van der Waals surface area contributed by atoms with Crippen molar-refractivity contribution in [2.45, 2.75) is 43.9 Å². The number of rotatable bonds is 4. The van der Waals surface area contributed by atoms with Gasteiger partial charge in [-0.1, -0.05) is 52.7 Å². The Balaban J connectivity index is 2.32. The lowest BCUT2D eigenvalue weighted by atomic mass is 9.66. The maximum Gasteiger partial charge on any atom is 0.143 e. The van der Waals surface area contributed by atoms with Crippen molar-refractivity contribution in [3.8, 4) is 0 Å². The number of benzene rings is 1. The predicted octanol–water partition coefficient (Wildman–Crippen LogP) is 4.24. The molecule has 1 aliphatic rings. The van der Waals surface area contributed by atoms with Crippen molar-refractivity contribution in [3.63, 3.8) is 0 Å². The van der Waals surface area contributed by atoms with E-state index in [9.17, 15) is 4.79 Å². The first-order chi connectivity index (χ1) is 8.29. The molecule has 0 amide bonds. The van der Waals surface area contributed by atoms with Gasteiger partial charge in [-0.05, 0) is 31.2 Å². The van der Waals surface area contributed by atoms with Crippen LogP contribution < -0.4 is 0 Å². The summed E-state index contributed by atoms with van der Waals surface area (Å²) in [7, 11) is 0. The molecule has 1 fully saturated rings. The Labute approximate surface area is 112 Å². The molecule has 1 aliphatic carbocycles. The third-order valence-corrected chi connectivity index (χ3v) is 4.42. The Hall–Kier alpha value is -0.630. The van der Waals surface area contributed by atoms with Gasteiger partial charge in [-0.2, -0.15) is 0 Å². The van der Waals surface area contributed by atoms with E-state index in [1.165, 1.54) is 12.0 Å². The molecule has 1 saturated carbocycles. The summed E-state index contributed by atoms with van der Waals surface area (Å²) in [6.07, 6.45) is 6.10. The summed E-state index contributed by atoms with van der Waals surface area (Å²) in [5.74, 6) is 0.455. The van der Waals surface area contributed by atoms with Gasteiger partial charge >= 0.3 is 0 Å². The number of Topliss-reactive ketones (excluding diaryl/α,β-unsaturated/α-hetero) is 1. The number of carbonyl (C=O) groups is 1. The highest BCUT2D eigenvalue weighted by molar-refractivity contribution is 9.09. The van der Waals surface area contributed by atoms with Crippen molar-refractivity contribution in [2.75, 3.05) is 5.33 Å². The highest BCUT2D eigenvalue weighted by atomic mass is 79.9. The molecule has 1 nitrogen and oxygen atoms in total. The molecule has 1 unspecified atom stereocenters. The molecule has 0 bridgehead atoms. The minimum absolute atomic E-state index is 0.187. The monoisotopic (exact) mass is 294 g/mol. The first-order valence-electron chi connectivity index (χ1n) is 6.44. The van der Waals surface area contributed by atoms with Gasteiger partial charge in [0.15, 0.2) is 0 Å². The van der Waals surface area contributed by atoms with Gasteiger partial charge in [0.2, 0.25) is 0 Å². The summed E-state index contributed by atoms with van der Waals surface area (Å²) in [6, 6.07) is 10.4. The van der Waals surface area contributed by atoms with Crippen molar-refractivity contribution in [1.82, 2.24) is 0 Å². The summed E-state index contributed by atoms with van der Waals surface area (Å²) < 4.78 is 0. The quantitative estimate of drug-likeness (QED) is 0.759. The van der Waals surface area contributed by atoms with Gasteiger partial charge in [0.05, 0.1) is 5.41 Å². The van der Waals surface area contributed by atoms with Crippen LogP contribution in [-0.4, -0.2) is 11.1 Å². The van der Waals surface area contributed by atoms with Gasteiger partial charge in [-0.25, -0.2) is 0 Å². The van der Waals surface area contributed by atoms with E-state index in [0.29, 0.717) is 5.78 Å². The molecule has 2 heteroatoms. The molecule has 2 rings (SSSR count). The van der Waals surface area contributed by atoms with Crippen molar-refractivity contribution >= 4 is 21.7 Å². The van der Waals surface area contributed by atoms with Crippen LogP contribution in [0.2, 0.25) is 0 Å². The van der Waals surface area contributed by atoms with E-state index in [1.54, 1.807) is 0 Å². The molecule has 0 aliphatic heterocycles. The fraction of sp³-hybridized carbons (Fsp3) is 0.533. The second kappa shape index (κ2) is 5.81. The van der Waals surface area contributed by atoms with Gasteiger partial charge in [0.1, 0.15) is 5.78 Å². The molecular formula is C15H19BrO. The lowest BCUT2D eigenvalue weighted by Crippen LogP contribution is -2.38. The van der Waals surface area contributed by atoms with Gasteiger partial charge in [0.25, 0.3) is 0 Å². The summed E-state index contributed by atoms with van der Waals surface area (Å²) in [5.41, 5.74) is 1.04. The Morgan fingerprint density at radius 1 is 1.18 bits per heavy atom. The molecule has 0 N–H and O–H groups in total. The highest BCUT2D eigenvalue weighted by Gasteiger charge is 2.40. The van der Waals surface area contributed by atoms with E-state index in [2.05, 4.69) is 28.1 Å². The van der Waals surface area contributed by atoms with Crippen LogP contribution in [0.15, 0.2) is 30.3 Å². The number of ketones is 1. The molecule has 92 valence electrons. The average Bonchev–Trinajstić information content (AvgIpc) is 2.39. The van der Waals surface area contributed by atoms with E-state index < -0.39 is 0 Å². The Kier molecular flexibility index (Phi) is 4.38. The van der Waals surface area contributed by atoms with Crippen LogP contribution in [0.5, 0.6) is 0 Å².